The van der Waals surface area contributed by atoms with Crippen molar-refractivity contribution in [3.05, 3.63) is 23.8 Å². The molecule has 1 aliphatic heterocycles. The Kier molecular flexibility index (Phi) is 5.05. The molecule has 0 spiro atoms. The van der Waals surface area contributed by atoms with Gasteiger partial charge < -0.3 is 10.6 Å². The number of hydrogen-bond donors (Lipinski definition) is 1. The normalized spacial score (nSPS) is 19.7. The lowest BCUT2D eigenvalue weighted by Crippen LogP contribution is -2.24. The highest BCUT2D eigenvalue weighted by atomic mass is 16.1. The molecule has 2 rings (SSSR count). The molecule has 1 aromatic rings. The van der Waals surface area contributed by atoms with Crippen molar-refractivity contribution in [2.24, 2.45) is 5.92 Å². The van der Waals surface area contributed by atoms with E-state index in [9.17, 15) is 4.79 Å². The average Bonchev–Trinajstić information content (AvgIpc) is 2.64. The van der Waals surface area contributed by atoms with Crippen molar-refractivity contribution in [3.8, 4) is 0 Å². The minimum absolute atomic E-state index is 0.0351. The Morgan fingerprint density at radius 2 is 2.15 bits per heavy atom. The van der Waals surface area contributed by atoms with Crippen LogP contribution >= 0.6 is 0 Å². The Morgan fingerprint density at radius 1 is 1.35 bits per heavy atom. The van der Waals surface area contributed by atoms with Gasteiger partial charge in [-0.2, -0.15) is 0 Å². The Bertz CT molecular complexity index is 470. The van der Waals surface area contributed by atoms with Crippen LogP contribution in [0.4, 0.5) is 11.4 Å². The van der Waals surface area contributed by atoms with Gasteiger partial charge in [0.15, 0.2) is 5.78 Å². The fraction of sp³-hybridized carbons (Fsp3) is 0.588. The third-order valence-electron chi connectivity index (χ3n) is 4.32. The summed E-state index contributed by atoms with van der Waals surface area (Å²) in [5, 5.41) is 0. The number of carbonyl (C=O) groups excluding carboxylic acids is 1. The Morgan fingerprint density at radius 3 is 2.80 bits per heavy atom. The van der Waals surface area contributed by atoms with Crippen LogP contribution < -0.4 is 10.6 Å². The molecule has 0 aromatic heterocycles. The molecule has 0 amide bonds. The average molecular weight is 274 g/mol. The smallest absolute Gasteiger partial charge is 0.161 e. The van der Waals surface area contributed by atoms with Gasteiger partial charge in [0.25, 0.3) is 0 Å². The molecule has 0 bridgehead atoms. The zero-order valence-electron chi connectivity index (χ0n) is 12.7. The van der Waals surface area contributed by atoms with Crippen molar-refractivity contribution in [2.75, 3.05) is 23.7 Å². The first-order chi connectivity index (χ1) is 9.61. The fourth-order valence-corrected chi connectivity index (χ4v) is 3.19. The van der Waals surface area contributed by atoms with Gasteiger partial charge >= 0.3 is 0 Å². The van der Waals surface area contributed by atoms with Gasteiger partial charge in [0.2, 0.25) is 0 Å². The van der Waals surface area contributed by atoms with Crippen LogP contribution in [-0.2, 0) is 0 Å². The number of Topliss-reactive ketones (excluding diaryl/α,β-unsaturated/α-hetero) is 1. The summed E-state index contributed by atoms with van der Waals surface area (Å²) in [7, 11) is 0. The molecule has 1 heterocycles. The molecule has 3 nitrogen and oxygen atoms in total. The van der Waals surface area contributed by atoms with Crippen LogP contribution in [0.3, 0.4) is 0 Å². The topological polar surface area (TPSA) is 46.3 Å². The van der Waals surface area contributed by atoms with E-state index in [2.05, 4.69) is 11.8 Å². The van der Waals surface area contributed by atoms with Crippen LogP contribution in [0.15, 0.2) is 18.2 Å². The quantitative estimate of drug-likeness (QED) is 0.669. The molecule has 0 aliphatic carbocycles. The molecule has 1 unspecified atom stereocenters. The van der Waals surface area contributed by atoms with Crippen LogP contribution in [0.25, 0.3) is 0 Å². The molecule has 0 saturated carbocycles. The predicted molar refractivity (Wildman–Crippen MR) is 85.3 cm³/mol. The van der Waals surface area contributed by atoms with Gasteiger partial charge in [-0.3, -0.25) is 4.79 Å². The number of benzene rings is 1. The fourth-order valence-electron chi connectivity index (χ4n) is 3.19. The third-order valence-corrected chi connectivity index (χ3v) is 4.32. The number of anilines is 2. The number of ketones is 1. The predicted octanol–water partition coefficient (Wildman–Crippen LogP) is 3.88. The first-order valence-corrected chi connectivity index (χ1v) is 7.77. The molecule has 1 saturated heterocycles. The molecule has 20 heavy (non-hydrogen) atoms. The molecular formula is C17H26N2O. The maximum atomic E-state index is 11.4. The standard InChI is InChI=1S/C17H26N2O/c1-3-5-14-6-4-10-19(11-9-14)15-7-8-16(13(2)20)17(18)12-15/h7-8,12,14H,3-6,9-11,18H2,1-2H3. The maximum Gasteiger partial charge on any atom is 0.161 e. The van der Waals surface area contributed by atoms with Crippen molar-refractivity contribution in [2.45, 2.75) is 46.0 Å². The van der Waals surface area contributed by atoms with Crippen molar-refractivity contribution in [1.82, 2.24) is 0 Å². The summed E-state index contributed by atoms with van der Waals surface area (Å²) in [4.78, 5) is 13.8. The van der Waals surface area contributed by atoms with Gasteiger partial charge in [0.1, 0.15) is 0 Å². The highest BCUT2D eigenvalue weighted by Gasteiger charge is 2.17. The van der Waals surface area contributed by atoms with Crippen LogP contribution in [0.5, 0.6) is 0 Å². The van der Waals surface area contributed by atoms with E-state index in [1.165, 1.54) is 32.1 Å². The van der Waals surface area contributed by atoms with Gasteiger partial charge in [0, 0.05) is 30.0 Å². The van der Waals surface area contributed by atoms with Crippen molar-refractivity contribution in [3.63, 3.8) is 0 Å². The number of nitrogens with zero attached hydrogens (tertiary/aromatic N) is 1. The first kappa shape index (κ1) is 14.9. The number of nitrogens with two attached hydrogens (primary N) is 1. The van der Waals surface area contributed by atoms with E-state index in [-0.39, 0.29) is 5.78 Å². The van der Waals surface area contributed by atoms with Crippen LogP contribution in [0, 0.1) is 5.92 Å². The van der Waals surface area contributed by atoms with Gasteiger partial charge in [-0.15, -0.1) is 0 Å². The number of hydrogen-bond acceptors (Lipinski definition) is 3. The summed E-state index contributed by atoms with van der Waals surface area (Å²) in [6.45, 7) is 6.03. The van der Waals surface area contributed by atoms with Crippen molar-refractivity contribution >= 4 is 17.2 Å². The van der Waals surface area contributed by atoms with E-state index in [0.717, 1.165) is 24.7 Å². The second kappa shape index (κ2) is 6.78. The molecule has 1 fully saturated rings. The third kappa shape index (κ3) is 3.53. The number of rotatable bonds is 4. The summed E-state index contributed by atoms with van der Waals surface area (Å²) in [5.74, 6) is 0.909. The van der Waals surface area contributed by atoms with E-state index < -0.39 is 0 Å². The van der Waals surface area contributed by atoms with E-state index in [1.54, 1.807) is 6.92 Å². The van der Waals surface area contributed by atoms with Crippen molar-refractivity contribution in [1.29, 1.82) is 0 Å². The van der Waals surface area contributed by atoms with Crippen LogP contribution in [0.1, 0.15) is 56.3 Å². The van der Waals surface area contributed by atoms with Gasteiger partial charge in [-0.05, 0) is 50.3 Å². The lowest BCUT2D eigenvalue weighted by Gasteiger charge is -2.23. The molecule has 1 aromatic carbocycles. The zero-order chi connectivity index (χ0) is 14.5. The monoisotopic (exact) mass is 274 g/mol. The minimum Gasteiger partial charge on any atom is -0.398 e. The van der Waals surface area contributed by atoms with Gasteiger partial charge in [-0.25, -0.2) is 0 Å². The summed E-state index contributed by atoms with van der Waals surface area (Å²) < 4.78 is 0. The van der Waals surface area contributed by atoms with E-state index >= 15 is 0 Å². The van der Waals surface area contributed by atoms with E-state index in [1.807, 2.05) is 18.2 Å². The molecule has 1 atom stereocenters. The highest BCUT2D eigenvalue weighted by Crippen LogP contribution is 2.27. The van der Waals surface area contributed by atoms with E-state index in [4.69, 9.17) is 5.73 Å². The first-order valence-electron chi connectivity index (χ1n) is 7.77. The lowest BCUT2D eigenvalue weighted by molar-refractivity contribution is 0.101. The van der Waals surface area contributed by atoms with Crippen molar-refractivity contribution < 1.29 is 4.79 Å². The maximum absolute atomic E-state index is 11.4. The molecular weight excluding hydrogens is 248 g/mol. The summed E-state index contributed by atoms with van der Waals surface area (Å²) in [6.07, 6.45) is 6.48. The van der Waals surface area contributed by atoms with Crippen LogP contribution in [-0.4, -0.2) is 18.9 Å². The minimum atomic E-state index is 0.0351. The molecule has 0 radical (unpaired) electrons. The molecule has 110 valence electrons. The van der Waals surface area contributed by atoms with Gasteiger partial charge in [0.05, 0.1) is 0 Å². The molecule has 2 N–H and O–H groups in total. The van der Waals surface area contributed by atoms with E-state index in [0.29, 0.717) is 11.3 Å². The Balaban J connectivity index is 2.08. The van der Waals surface area contributed by atoms with Gasteiger partial charge in [-0.1, -0.05) is 19.8 Å². The second-order valence-electron chi connectivity index (χ2n) is 5.90. The summed E-state index contributed by atoms with van der Waals surface area (Å²) >= 11 is 0. The second-order valence-corrected chi connectivity index (χ2v) is 5.90. The lowest BCUT2D eigenvalue weighted by atomic mass is 9.96. The number of carbonyl (C=O) groups is 1. The SMILES string of the molecule is CCCC1CCCN(c2ccc(C(C)=O)c(N)c2)CC1. The zero-order valence-corrected chi connectivity index (χ0v) is 12.7. The largest absolute Gasteiger partial charge is 0.398 e. The Labute approximate surface area is 122 Å². The molecule has 1 aliphatic rings. The van der Waals surface area contributed by atoms with Crippen LogP contribution in [0.2, 0.25) is 0 Å². The Hall–Kier alpha value is -1.51. The highest BCUT2D eigenvalue weighted by molar-refractivity contribution is 5.99. The molecule has 3 heteroatoms. The number of nitrogen functional groups attached to an aromatic ring is 1. The summed E-state index contributed by atoms with van der Waals surface area (Å²) in [5.41, 5.74) is 8.39. The summed E-state index contributed by atoms with van der Waals surface area (Å²) in [6, 6.07) is 5.85.